The van der Waals surface area contributed by atoms with Crippen molar-refractivity contribution < 1.29 is 4.79 Å². The Morgan fingerprint density at radius 1 is 1.26 bits per heavy atom. The number of carbonyl (C=O) groups excluding carboxylic acids is 1. The summed E-state index contributed by atoms with van der Waals surface area (Å²) in [6.45, 7) is 3.05. The van der Waals surface area contributed by atoms with E-state index >= 15 is 0 Å². The van der Waals surface area contributed by atoms with Gasteiger partial charge in [0.1, 0.15) is 5.82 Å². The van der Waals surface area contributed by atoms with Gasteiger partial charge in [-0.2, -0.15) is 0 Å². The molecule has 0 bridgehead atoms. The van der Waals surface area contributed by atoms with Crippen LogP contribution in [0.5, 0.6) is 0 Å². The van der Waals surface area contributed by atoms with Gasteiger partial charge in [0.25, 0.3) is 5.91 Å². The van der Waals surface area contributed by atoms with Gasteiger partial charge in [-0.25, -0.2) is 0 Å². The minimum atomic E-state index is 0.0315. The minimum Gasteiger partial charge on any atom is -0.345 e. The molecule has 0 N–H and O–H groups in total. The van der Waals surface area contributed by atoms with Crippen LogP contribution in [0.4, 0.5) is 0 Å². The van der Waals surface area contributed by atoms with Crippen molar-refractivity contribution in [3.63, 3.8) is 0 Å². The van der Waals surface area contributed by atoms with E-state index in [9.17, 15) is 4.79 Å². The maximum Gasteiger partial charge on any atom is 0.253 e. The molecule has 0 radical (unpaired) electrons. The third-order valence-electron chi connectivity index (χ3n) is 3.98. The molecular formula is C17H22N4OS. The molecule has 5 nitrogen and oxygen atoms in total. The largest absolute Gasteiger partial charge is 0.345 e. The highest BCUT2D eigenvalue weighted by atomic mass is 32.2. The highest BCUT2D eigenvalue weighted by Gasteiger charge is 2.29. The lowest BCUT2D eigenvalue weighted by molar-refractivity contribution is 0.0827. The van der Waals surface area contributed by atoms with Crippen LogP contribution >= 0.6 is 11.8 Å². The molecule has 0 atom stereocenters. The van der Waals surface area contributed by atoms with Gasteiger partial charge < -0.3 is 9.47 Å². The van der Waals surface area contributed by atoms with Gasteiger partial charge in [-0.3, -0.25) is 4.79 Å². The first kappa shape index (κ1) is 16.1. The first-order chi connectivity index (χ1) is 11.1. The predicted octanol–water partition coefficient (Wildman–Crippen LogP) is 3.17. The van der Waals surface area contributed by atoms with Crippen LogP contribution in [0.1, 0.15) is 47.4 Å². The van der Waals surface area contributed by atoms with Crippen molar-refractivity contribution in [1.82, 2.24) is 19.7 Å². The van der Waals surface area contributed by atoms with E-state index in [1.165, 1.54) is 18.4 Å². The first-order valence-corrected chi connectivity index (χ1v) is 8.95. The molecule has 1 aromatic carbocycles. The third-order valence-corrected chi connectivity index (χ3v) is 5.02. The average molecular weight is 330 g/mol. The Morgan fingerprint density at radius 3 is 2.52 bits per heavy atom. The van der Waals surface area contributed by atoms with E-state index in [4.69, 9.17) is 0 Å². The molecular weight excluding hydrogens is 308 g/mol. The number of nitrogens with zero attached hydrogens (tertiary/aromatic N) is 4. The Kier molecular flexibility index (Phi) is 4.71. The SMILES string of the molecule is CCn1c(SCc2ccc(C(=O)N(C)C)cc2)nnc1C1CC1. The van der Waals surface area contributed by atoms with Gasteiger partial charge in [-0.15, -0.1) is 10.2 Å². The first-order valence-electron chi connectivity index (χ1n) is 7.96. The van der Waals surface area contributed by atoms with E-state index in [1.807, 2.05) is 24.3 Å². The smallest absolute Gasteiger partial charge is 0.253 e. The molecule has 23 heavy (non-hydrogen) atoms. The second-order valence-corrected chi connectivity index (χ2v) is 6.99. The lowest BCUT2D eigenvalue weighted by Crippen LogP contribution is -2.21. The minimum absolute atomic E-state index is 0.0315. The van der Waals surface area contributed by atoms with Gasteiger partial charge in [0.15, 0.2) is 5.16 Å². The van der Waals surface area contributed by atoms with Crippen LogP contribution in [-0.4, -0.2) is 39.7 Å². The Hall–Kier alpha value is -1.82. The molecule has 0 spiro atoms. The Bertz CT molecular complexity index is 689. The zero-order chi connectivity index (χ0) is 16.4. The zero-order valence-electron chi connectivity index (χ0n) is 13.8. The summed E-state index contributed by atoms with van der Waals surface area (Å²) in [4.78, 5) is 13.5. The summed E-state index contributed by atoms with van der Waals surface area (Å²) >= 11 is 1.71. The Morgan fingerprint density at radius 2 is 1.96 bits per heavy atom. The number of aromatic nitrogens is 3. The summed E-state index contributed by atoms with van der Waals surface area (Å²) in [5.74, 6) is 2.62. The van der Waals surface area contributed by atoms with E-state index in [0.29, 0.717) is 5.92 Å². The van der Waals surface area contributed by atoms with Crippen molar-refractivity contribution in [3.8, 4) is 0 Å². The number of carbonyl (C=O) groups is 1. The monoisotopic (exact) mass is 330 g/mol. The van der Waals surface area contributed by atoms with Crippen LogP contribution in [0.2, 0.25) is 0 Å². The molecule has 122 valence electrons. The van der Waals surface area contributed by atoms with Crippen molar-refractivity contribution >= 4 is 17.7 Å². The molecule has 2 aromatic rings. The van der Waals surface area contributed by atoms with Crippen molar-refractivity contribution in [3.05, 3.63) is 41.2 Å². The quantitative estimate of drug-likeness (QED) is 0.764. The van der Waals surface area contributed by atoms with Gasteiger partial charge in [0.05, 0.1) is 0 Å². The second kappa shape index (κ2) is 6.74. The van der Waals surface area contributed by atoms with Crippen molar-refractivity contribution in [1.29, 1.82) is 0 Å². The fraction of sp³-hybridized carbons (Fsp3) is 0.471. The Balaban J connectivity index is 1.65. The van der Waals surface area contributed by atoms with Crippen LogP contribution in [0.3, 0.4) is 0 Å². The number of rotatable bonds is 6. The fourth-order valence-corrected chi connectivity index (χ4v) is 3.46. The Labute approximate surface area is 141 Å². The predicted molar refractivity (Wildman–Crippen MR) is 91.7 cm³/mol. The highest BCUT2D eigenvalue weighted by Crippen LogP contribution is 2.40. The van der Waals surface area contributed by atoms with E-state index in [1.54, 1.807) is 30.8 Å². The van der Waals surface area contributed by atoms with E-state index < -0.39 is 0 Å². The molecule has 1 saturated carbocycles. The molecule has 0 unspecified atom stereocenters. The summed E-state index contributed by atoms with van der Waals surface area (Å²) in [6.07, 6.45) is 2.48. The summed E-state index contributed by atoms with van der Waals surface area (Å²) < 4.78 is 2.23. The summed E-state index contributed by atoms with van der Waals surface area (Å²) in [6, 6.07) is 7.80. The molecule has 0 saturated heterocycles. The van der Waals surface area contributed by atoms with Crippen molar-refractivity contribution in [2.24, 2.45) is 0 Å². The normalized spacial score (nSPS) is 14.0. The van der Waals surface area contributed by atoms with Crippen molar-refractivity contribution in [2.45, 2.75) is 43.1 Å². The van der Waals surface area contributed by atoms with Crippen LogP contribution < -0.4 is 0 Å². The van der Waals surface area contributed by atoms with Crippen LogP contribution in [-0.2, 0) is 12.3 Å². The maximum atomic E-state index is 11.9. The van der Waals surface area contributed by atoms with E-state index in [-0.39, 0.29) is 5.91 Å². The standard InChI is InChI=1S/C17H22N4OS/c1-4-21-15(13-9-10-13)18-19-17(21)23-11-12-5-7-14(8-6-12)16(22)20(2)3/h5-8,13H,4,9-11H2,1-3H3. The molecule has 1 amide bonds. The van der Waals surface area contributed by atoms with E-state index in [2.05, 4.69) is 21.7 Å². The van der Waals surface area contributed by atoms with Crippen LogP contribution in [0, 0.1) is 0 Å². The average Bonchev–Trinajstić information content (AvgIpc) is 3.32. The number of thioether (sulfide) groups is 1. The molecule has 1 aliphatic carbocycles. The molecule has 1 fully saturated rings. The lowest BCUT2D eigenvalue weighted by Gasteiger charge is -2.10. The molecule has 1 aliphatic rings. The molecule has 3 rings (SSSR count). The van der Waals surface area contributed by atoms with Gasteiger partial charge in [0, 0.05) is 37.9 Å². The lowest BCUT2D eigenvalue weighted by atomic mass is 10.1. The van der Waals surface area contributed by atoms with E-state index in [0.717, 1.165) is 28.8 Å². The number of hydrogen-bond donors (Lipinski definition) is 0. The summed E-state index contributed by atoms with van der Waals surface area (Å²) in [5.41, 5.74) is 1.90. The molecule has 6 heteroatoms. The van der Waals surface area contributed by atoms with Gasteiger partial charge in [0.2, 0.25) is 0 Å². The number of benzene rings is 1. The number of amides is 1. The van der Waals surface area contributed by atoms with Crippen LogP contribution in [0.25, 0.3) is 0 Å². The topological polar surface area (TPSA) is 51.0 Å². The highest BCUT2D eigenvalue weighted by molar-refractivity contribution is 7.98. The second-order valence-electron chi connectivity index (χ2n) is 6.04. The number of hydrogen-bond acceptors (Lipinski definition) is 4. The van der Waals surface area contributed by atoms with Gasteiger partial charge in [-0.1, -0.05) is 23.9 Å². The third kappa shape index (κ3) is 3.58. The maximum absolute atomic E-state index is 11.9. The zero-order valence-corrected chi connectivity index (χ0v) is 14.6. The summed E-state index contributed by atoms with van der Waals surface area (Å²) in [7, 11) is 3.53. The summed E-state index contributed by atoms with van der Waals surface area (Å²) in [5, 5.41) is 9.70. The van der Waals surface area contributed by atoms with Crippen molar-refractivity contribution in [2.75, 3.05) is 14.1 Å². The molecule has 0 aliphatic heterocycles. The van der Waals surface area contributed by atoms with Crippen LogP contribution in [0.15, 0.2) is 29.4 Å². The van der Waals surface area contributed by atoms with Gasteiger partial charge >= 0.3 is 0 Å². The fourth-order valence-electron chi connectivity index (χ4n) is 2.50. The molecule has 1 aromatic heterocycles. The molecule has 1 heterocycles. The van der Waals surface area contributed by atoms with Gasteiger partial charge in [-0.05, 0) is 37.5 Å².